The van der Waals surface area contributed by atoms with Crippen molar-refractivity contribution in [3.05, 3.63) is 81.2 Å². The van der Waals surface area contributed by atoms with Gasteiger partial charge in [0.15, 0.2) is 5.82 Å². The summed E-state index contributed by atoms with van der Waals surface area (Å²) in [5, 5.41) is 13.9. The van der Waals surface area contributed by atoms with Crippen LogP contribution in [0.15, 0.2) is 47.3 Å². The number of anilines is 1. The van der Waals surface area contributed by atoms with E-state index in [1.54, 1.807) is 0 Å². The summed E-state index contributed by atoms with van der Waals surface area (Å²) in [4.78, 5) is 21.3. The average Bonchev–Trinajstić information content (AvgIpc) is 3.36. The Hall–Kier alpha value is -3.59. The third-order valence-electron chi connectivity index (χ3n) is 7.66. The van der Waals surface area contributed by atoms with Crippen LogP contribution in [0.5, 0.6) is 0 Å². The molecule has 3 heterocycles. The van der Waals surface area contributed by atoms with Crippen molar-refractivity contribution < 1.29 is 4.39 Å². The highest BCUT2D eigenvalue weighted by molar-refractivity contribution is 5.83. The smallest absolute Gasteiger partial charge is 0.253 e. The summed E-state index contributed by atoms with van der Waals surface area (Å²) in [5.41, 5.74) is 4.22. The van der Waals surface area contributed by atoms with E-state index in [9.17, 15) is 9.18 Å². The fourth-order valence-electron chi connectivity index (χ4n) is 5.24. The van der Waals surface area contributed by atoms with Crippen LogP contribution >= 0.6 is 0 Å². The summed E-state index contributed by atoms with van der Waals surface area (Å²) in [5.74, 6) is 0.421. The van der Waals surface area contributed by atoms with Crippen molar-refractivity contribution in [1.29, 1.82) is 0 Å². The molecular weight excluding hydrogens is 469 g/mol. The number of H-pyrrole nitrogens is 1. The van der Waals surface area contributed by atoms with Gasteiger partial charge in [-0.25, -0.2) is 9.07 Å². The Labute approximate surface area is 216 Å². The number of rotatable bonds is 6. The zero-order valence-corrected chi connectivity index (χ0v) is 22.1. The highest BCUT2D eigenvalue weighted by Gasteiger charge is 2.35. The lowest BCUT2D eigenvalue weighted by atomic mass is 9.98. The summed E-state index contributed by atoms with van der Waals surface area (Å²) in [6.45, 7) is 13.3. The Morgan fingerprint density at radius 3 is 2.43 bits per heavy atom. The topological polar surface area (TPSA) is 82.9 Å². The SMILES string of the molecule is CCC(C)(C)n1nnnc1[C@H](c1cc2cc(C)cc(C)c2[nH]c1=O)N1CCN(c2ccc(F)cc2)CC1. The molecule has 0 radical (unpaired) electrons. The van der Waals surface area contributed by atoms with Crippen LogP contribution in [-0.4, -0.2) is 56.3 Å². The summed E-state index contributed by atoms with van der Waals surface area (Å²) >= 11 is 0. The first kappa shape index (κ1) is 25.1. The number of halogens is 1. The van der Waals surface area contributed by atoms with Gasteiger partial charge in [0.1, 0.15) is 11.9 Å². The van der Waals surface area contributed by atoms with E-state index >= 15 is 0 Å². The lowest BCUT2D eigenvalue weighted by Crippen LogP contribution is -2.49. The number of hydrogen-bond acceptors (Lipinski definition) is 6. The highest BCUT2D eigenvalue weighted by Crippen LogP contribution is 2.32. The van der Waals surface area contributed by atoms with Gasteiger partial charge in [-0.15, -0.1) is 5.10 Å². The van der Waals surface area contributed by atoms with Crippen molar-refractivity contribution >= 4 is 16.6 Å². The molecule has 0 unspecified atom stereocenters. The number of pyridine rings is 1. The number of hydrogen-bond donors (Lipinski definition) is 1. The summed E-state index contributed by atoms with van der Waals surface area (Å²) < 4.78 is 15.3. The molecule has 9 heteroatoms. The van der Waals surface area contributed by atoms with E-state index < -0.39 is 6.04 Å². The summed E-state index contributed by atoms with van der Waals surface area (Å²) in [7, 11) is 0. The van der Waals surface area contributed by atoms with Gasteiger partial charge in [-0.1, -0.05) is 18.6 Å². The second kappa shape index (κ2) is 9.70. The molecule has 0 saturated carbocycles. The quantitative estimate of drug-likeness (QED) is 0.422. The highest BCUT2D eigenvalue weighted by atomic mass is 19.1. The molecule has 0 amide bonds. The molecule has 1 fully saturated rings. The molecule has 1 aliphatic rings. The molecule has 2 aromatic heterocycles. The largest absolute Gasteiger partial charge is 0.369 e. The van der Waals surface area contributed by atoms with Crippen molar-refractivity contribution in [1.82, 2.24) is 30.1 Å². The molecule has 1 saturated heterocycles. The van der Waals surface area contributed by atoms with Gasteiger partial charge in [-0.3, -0.25) is 9.69 Å². The Bertz CT molecular complexity index is 1470. The van der Waals surface area contributed by atoms with Crippen LogP contribution in [0.25, 0.3) is 10.9 Å². The van der Waals surface area contributed by atoms with Crippen molar-refractivity contribution in [2.45, 2.75) is 52.6 Å². The molecule has 1 aliphatic heterocycles. The molecule has 5 rings (SSSR count). The minimum atomic E-state index is -0.412. The van der Waals surface area contributed by atoms with E-state index in [0.717, 1.165) is 47.2 Å². The fourth-order valence-corrected chi connectivity index (χ4v) is 5.24. The number of nitrogens with zero attached hydrogens (tertiary/aromatic N) is 6. The Morgan fingerprint density at radius 1 is 1.05 bits per heavy atom. The van der Waals surface area contributed by atoms with E-state index in [4.69, 9.17) is 0 Å². The van der Waals surface area contributed by atoms with Crippen LogP contribution in [0, 0.1) is 19.7 Å². The maximum Gasteiger partial charge on any atom is 0.253 e. The second-order valence-electron chi connectivity index (χ2n) is 10.6. The maximum absolute atomic E-state index is 13.6. The lowest BCUT2D eigenvalue weighted by molar-refractivity contribution is 0.186. The standard InChI is InChI=1S/C28H34FN7O/c1-6-28(4,5)36-26(31-32-33-36)25(23-17-20-16-18(2)15-19(3)24(20)30-27(23)37)35-13-11-34(12-14-35)22-9-7-21(29)8-10-22/h7-10,15-17,25H,6,11-14H2,1-5H3,(H,30,37)/t25-/m0/s1. The molecule has 8 nitrogen and oxygen atoms in total. The van der Waals surface area contributed by atoms with Crippen LogP contribution in [0.2, 0.25) is 0 Å². The minimum absolute atomic E-state index is 0.130. The normalized spacial score (nSPS) is 15.9. The van der Waals surface area contributed by atoms with Crippen LogP contribution in [0.1, 0.15) is 55.7 Å². The first-order valence-electron chi connectivity index (χ1n) is 12.9. The number of benzene rings is 2. The van der Waals surface area contributed by atoms with Gasteiger partial charge < -0.3 is 9.88 Å². The van der Waals surface area contributed by atoms with E-state index in [2.05, 4.69) is 70.1 Å². The van der Waals surface area contributed by atoms with Crippen molar-refractivity contribution in [3.63, 3.8) is 0 Å². The van der Waals surface area contributed by atoms with E-state index in [-0.39, 0.29) is 16.9 Å². The molecule has 2 aromatic carbocycles. The number of tetrazole rings is 1. The zero-order valence-electron chi connectivity index (χ0n) is 22.1. The third-order valence-corrected chi connectivity index (χ3v) is 7.66. The Balaban J connectivity index is 1.58. The molecule has 37 heavy (non-hydrogen) atoms. The van der Waals surface area contributed by atoms with Gasteiger partial charge in [0.2, 0.25) is 0 Å². The van der Waals surface area contributed by atoms with E-state index in [1.165, 1.54) is 12.1 Å². The third kappa shape index (κ3) is 4.75. The first-order valence-corrected chi connectivity index (χ1v) is 12.9. The monoisotopic (exact) mass is 503 g/mol. The molecular formula is C28H34FN7O. The molecule has 0 spiro atoms. The first-order chi connectivity index (χ1) is 17.7. The van der Waals surface area contributed by atoms with Crippen LogP contribution in [0.3, 0.4) is 0 Å². The Morgan fingerprint density at radius 2 is 1.76 bits per heavy atom. The molecule has 0 bridgehead atoms. The van der Waals surface area contributed by atoms with E-state index in [0.29, 0.717) is 24.5 Å². The summed E-state index contributed by atoms with van der Waals surface area (Å²) in [6.07, 6.45) is 0.836. The maximum atomic E-state index is 13.6. The van der Waals surface area contributed by atoms with Crippen molar-refractivity contribution in [3.8, 4) is 0 Å². The fraction of sp³-hybridized carbons (Fsp3) is 0.429. The van der Waals surface area contributed by atoms with Gasteiger partial charge in [-0.2, -0.15) is 0 Å². The van der Waals surface area contributed by atoms with Gasteiger partial charge in [0, 0.05) is 37.4 Å². The number of fused-ring (bicyclic) bond motifs is 1. The van der Waals surface area contributed by atoms with Gasteiger partial charge >= 0.3 is 0 Å². The number of aromatic amines is 1. The lowest BCUT2D eigenvalue weighted by Gasteiger charge is -2.40. The second-order valence-corrected chi connectivity index (χ2v) is 10.6. The summed E-state index contributed by atoms with van der Waals surface area (Å²) in [6, 6.07) is 12.4. The van der Waals surface area contributed by atoms with Crippen molar-refractivity contribution in [2.75, 3.05) is 31.1 Å². The van der Waals surface area contributed by atoms with Crippen molar-refractivity contribution in [2.24, 2.45) is 0 Å². The molecule has 1 atom stereocenters. The average molecular weight is 504 g/mol. The number of piperazine rings is 1. The van der Waals surface area contributed by atoms with Crippen LogP contribution < -0.4 is 10.5 Å². The van der Waals surface area contributed by atoms with Gasteiger partial charge in [0.05, 0.1) is 11.1 Å². The van der Waals surface area contributed by atoms with Crippen LogP contribution in [0.4, 0.5) is 10.1 Å². The minimum Gasteiger partial charge on any atom is -0.369 e. The predicted octanol–water partition coefficient (Wildman–Crippen LogP) is 4.33. The number of nitrogens with one attached hydrogen (secondary N) is 1. The van der Waals surface area contributed by atoms with Gasteiger partial charge in [-0.05, 0) is 91.9 Å². The molecule has 0 aliphatic carbocycles. The van der Waals surface area contributed by atoms with Crippen LogP contribution in [-0.2, 0) is 5.54 Å². The zero-order chi connectivity index (χ0) is 26.3. The Kier molecular flexibility index (Phi) is 6.58. The number of aromatic nitrogens is 5. The predicted molar refractivity (Wildman–Crippen MR) is 144 cm³/mol. The van der Waals surface area contributed by atoms with Gasteiger partial charge in [0.25, 0.3) is 5.56 Å². The van der Waals surface area contributed by atoms with E-state index in [1.807, 2.05) is 29.8 Å². The number of aryl methyl sites for hydroxylation is 2. The molecule has 194 valence electrons. The molecule has 1 N–H and O–H groups in total. The molecule has 4 aromatic rings.